The first-order chi connectivity index (χ1) is 11.8. The first kappa shape index (κ1) is 13.2. The van der Waals surface area contributed by atoms with Crippen LogP contribution in [0, 0.1) is 0 Å². The lowest BCUT2D eigenvalue weighted by atomic mass is 10.1. The Hall–Kier alpha value is -3.27. The lowest BCUT2D eigenvalue weighted by Crippen LogP contribution is -1.80. The first-order valence-corrected chi connectivity index (χ1v) is 7.89. The van der Waals surface area contributed by atoms with Crippen molar-refractivity contribution in [3.05, 3.63) is 81.6 Å². The number of aromatic nitrogens is 1. The topological polar surface area (TPSA) is 52.9 Å². The van der Waals surface area contributed by atoms with Crippen LogP contribution in [0.3, 0.4) is 0 Å². The Morgan fingerprint density at radius 2 is 1.58 bits per heavy atom. The lowest BCUT2D eigenvalue weighted by molar-refractivity contribution is 1.20. The van der Waals surface area contributed by atoms with Crippen molar-refractivity contribution in [2.75, 3.05) is 0 Å². The van der Waals surface area contributed by atoms with E-state index in [0.717, 1.165) is 45.9 Å². The molecule has 0 aromatic carbocycles. The average molecular weight is 310 g/mol. The second-order valence-electron chi connectivity index (χ2n) is 6.12. The molecule has 4 heteroatoms. The molecule has 4 nitrogen and oxygen atoms in total. The van der Waals surface area contributed by atoms with Gasteiger partial charge in [-0.2, -0.15) is 0 Å². The fourth-order valence-corrected chi connectivity index (χ4v) is 3.08. The van der Waals surface area contributed by atoms with E-state index >= 15 is 0 Å². The molecule has 1 aliphatic carbocycles. The maximum Gasteiger partial charge on any atom is 0.0657 e. The zero-order valence-corrected chi connectivity index (χ0v) is 12.9. The first-order valence-electron chi connectivity index (χ1n) is 7.89. The average Bonchev–Trinajstić information content (AvgIpc) is 3.32. The predicted octanol–water partition coefficient (Wildman–Crippen LogP) is 4.02. The van der Waals surface area contributed by atoms with E-state index in [1.807, 2.05) is 30.9 Å². The number of aromatic amines is 1. The molecule has 0 unspecified atom stereocenters. The second kappa shape index (κ2) is 5.13. The summed E-state index contributed by atoms with van der Waals surface area (Å²) in [5.41, 5.74) is 8.46. The fraction of sp³-hybridized carbons (Fsp3) is 0.0500. The van der Waals surface area contributed by atoms with Crippen molar-refractivity contribution >= 4 is 30.8 Å². The van der Waals surface area contributed by atoms with E-state index in [0.29, 0.717) is 0 Å². The summed E-state index contributed by atoms with van der Waals surface area (Å²) in [6.07, 6.45) is 21.0. The van der Waals surface area contributed by atoms with E-state index in [4.69, 9.17) is 0 Å². The molecule has 0 atom stereocenters. The van der Waals surface area contributed by atoms with E-state index in [2.05, 4.69) is 56.4 Å². The van der Waals surface area contributed by atoms with Crippen molar-refractivity contribution < 1.29 is 0 Å². The fourth-order valence-electron chi connectivity index (χ4n) is 3.08. The summed E-state index contributed by atoms with van der Waals surface area (Å²) in [5, 5.41) is 0. The van der Waals surface area contributed by atoms with Gasteiger partial charge in [0.15, 0.2) is 0 Å². The highest BCUT2D eigenvalue weighted by molar-refractivity contribution is 5.94. The molecule has 0 amide bonds. The molecular weight excluding hydrogens is 296 g/mol. The van der Waals surface area contributed by atoms with E-state index in [9.17, 15) is 0 Å². The third-order valence-corrected chi connectivity index (χ3v) is 4.17. The Balaban J connectivity index is 1.64. The number of nitrogens with one attached hydrogen (secondary N) is 1. The van der Waals surface area contributed by atoms with Crippen LogP contribution in [0.5, 0.6) is 0 Å². The molecule has 1 N–H and O–H groups in total. The van der Waals surface area contributed by atoms with E-state index in [1.54, 1.807) is 0 Å². The van der Waals surface area contributed by atoms with Crippen LogP contribution >= 0.6 is 0 Å². The van der Waals surface area contributed by atoms with Gasteiger partial charge in [-0.15, -0.1) is 0 Å². The zero-order valence-electron chi connectivity index (χ0n) is 12.9. The van der Waals surface area contributed by atoms with Crippen LogP contribution < -0.4 is 0 Å². The second-order valence-corrected chi connectivity index (χ2v) is 6.12. The summed E-state index contributed by atoms with van der Waals surface area (Å²) in [6, 6.07) is 2.13. The summed E-state index contributed by atoms with van der Waals surface area (Å²) in [6.45, 7) is 0. The Bertz CT molecular complexity index is 1010. The molecule has 0 radical (unpaired) electrons. The van der Waals surface area contributed by atoms with E-state index < -0.39 is 0 Å². The molecule has 24 heavy (non-hydrogen) atoms. The van der Waals surface area contributed by atoms with Crippen molar-refractivity contribution in [3.63, 3.8) is 0 Å². The SMILES string of the molecule is C1=NC2=CC1=Cc1cc(c[nH]1)C=C1C=NC(=CC3=CC(=C2)N=C3)C1. The molecule has 4 aliphatic rings. The zero-order chi connectivity index (χ0) is 15.9. The third kappa shape index (κ3) is 2.48. The standard InChI is InChI=1S/C20H14N4/c1-13-2-17(21-9-13)4-15-6-19(23-11-15)8-20-7-16(12-24-20)5-18-3-14(1)10-22-18/h1-2,4-12,21H,3H2. The maximum absolute atomic E-state index is 4.51. The van der Waals surface area contributed by atoms with Gasteiger partial charge in [-0.3, -0.25) is 15.0 Å². The van der Waals surface area contributed by atoms with Crippen molar-refractivity contribution in [2.45, 2.75) is 6.42 Å². The van der Waals surface area contributed by atoms with Crippen LogP contribution in [-0.4, -0.2) is 23.6 Å². The molecule has 114 valence electrons. The van der Waals surface area contributed by atoms with Gasteiger partial charge in [0, 0.05) is 42.7 Å². The number of aliphatic imine (C=N–C) groups is 3. The van der Waals surface area contributed by atoms with Gasteiger partial charge in [0.05, 0.1) is 11.4 Å². The minimum atomic E-state index is 0.847. The number of nitrogens with zero attached hydrogens (tertiary/aromatic N) is 3. The summed E-state index contributed by atoms with van der Waals surface area (Å²) >= 11 is 0. The van der Waals surface area contributed by atoms with Crippen LogP contribution in [-0.2, 0) is 0 Å². The van der Waals surface area contributed by atoms with Gasteiger partial charge in [-0.05, 0) is 64.8 Å². The van der Waals surface area contributed by atoms with E-state index in [1.165, 1.54) is 5.57 Å². The predicted molar refractivity (Wildman–Crippen MR) is 99.2 cm³/mol. The Kier molecular flexibility index (Phi) is 2.82. The van der Waals surface area contributed by atoms with Crippen LogP contribution in [0.4, 0.5) is 0 Å². The van der Waals surface area contributed by atoms with E-state index in [-0.39, 0.29) is 0 Å². The van der Waals surface area contributed by atoms with Crippen LogP contribution in [0.2, 0.25) is 0 Å². The molecular formula is C20H14N4. The van der Waals surface area contributed by atoms with Crippen molar-refractivity contribution in [1.29, 1.82) is 0 Å². The Morgan fingerprint density at radius 1 is 0.750 bits per heavy atom. The van der Waals surface area contributed by atoms with Gasteiger partial charge in [-0.1, -0.05) is 0 Å². The molecule has 0 fully saturated rings. The largest absolute Gasteiger partial charge is 0.361 e. The van der Waals surface area contributed by atoms with Crippen LogP contribution in [0.1, 0.15) is 17.7 Å². The summed E-state index contributed by atoms with van der Waals surface area (Å²) < 4.78 is 0. The lowest BCUT2D eigenvalue weighted by Gasteiger charge is -1.94. The van der Waals surface area contributed by atoms with Crippen LogP contribution in [0.15, 0.2) is 85.4 Å². The highest BCUT2D eigenvalue weighted by atomic mass is 14.8. The Labute approximate surface area is 139 Å². The molecule has 0 saturated heterocycles. The molecule has 8 bridgehead atoms. The quantitative estimate of drug-likeness (QED) is 0.752. The minimum Gasteiger partial charge on any atom is -0.361 e. The highest BCUT2D eigenvalue weighted by Crippen LogP contribution is 2.25. The smallest absolute Gasteiger partial charge is 0.0657 e. The Morgan fingerprint density at radius 3 is 2.50 bits per heavy atom. The van der Waals surface area contributed by atoms with Gasteiger partial charge in [-0.25, -0.2) is 0 Å². The van der Waals surface area contributed by atoms with Gasteiger partial charge >= 0.3 is 0 Å². The number of hydrogen-bond donors (Lipinski definition) is 1. The number of H-pyrrole nitrogens is 1. The molecule has 0 spiro atoms. The van der Waals surface area contributed by atoms with Crippen molar-refractivity contribution in [3.8, 4) is 0 Å². The third-order valence-electron chi connectivity index (χ3n) is 4.17. The summed E-state index contributed by atoms with van der Waals surface area (Å²) in [7, 11) is 0. The number of hydrogen-bond acceptors (Lipinski definition) is 3. The summed E-state index contributed by atoms with van der Waals surface area (Å²) in [5.74, 6) is 0. The number of allylic oxidation sites excluding steroid dienone is 7. The monoisotopic (exact) mass is 310 g/mol. The molecule has 3 aliphatic heterocycles. The van der Waals surface area contributed by atoms with Crippen LogP contribution in [0.25, 0.3) is 12.2 Å². The molecule has 1 aromatic rings. The van der Waals surface area contributed by atoms with Gasteiger partial charge in [0.1, 0.15) is 0 Å². The maximum atomic E-state index is 4.51. The van der Waals surface area contributed by atoms with Crippen molar-refractivity contribution in [1.82, 2.24) is 4.98 Å². The molecule has 1 aromatic heterocycles. The van der Waals surface area contributed by atoms with Gasteiger partial charge in [0.25, 0.3) is 0 Å². The number of rotatable bonds is 0. The highest BCUT2D eigenvalue weighted by Gasteiger charge is 2.11. The molecule has 0 saturated carbocycles. The van der Waals surface area contributed by atoms with Gasteiger partial charge in [0.2, 0.25) is 0 Å². The van der Waals surface area contributed by atoms with Crippen molar-refractivity contribution in [2.24, 2.45) is 15.0 Å². The van der Waals surface area contributed by atoms with Gasteiger partial charge < -0.3 is 4.98 Å². The number of fused-ring (bicyclic) bond motifs is 6. The molecule has 4 heterocycles. The molecule has 5 rings (SSSR count). The normalized spacial score (nSPS) is 20.5. The summed E-state index contributed by atoms with van der Waals surface area (Å²) in [4.78, 5) is 16.7. The minimum absolute atomic E-state index is 0.847.